The first kappa shape index (κ1) is 19.2. The molecule has 0 radical (unpaired) electrons. The number of rotatable bonds is 6. The summed E-state index contributed by atoms with van der Waals surface area (Å²) in [7, 11) is 3.79. The normalized spacial score (nSPS) is 12.9. The van der Waals surface area contributed by atoms with Gasteiger partial charge < -0.3 is 18.6 Å². The third kappa shape index (κ3) is 3.28. The van der Waals surface area contributed by atoms with Crippen molar-refractivity contribution in [3.05, 3.63) is 47.5 Å². The molecule has 8 heteroatoms. The molecule has 0 bridgehead atoms. The molecule has 0 amide bonds. The summed E-state index contributed by atoms with van der Waals surface area (Å²) >= 11 is 0. The van der Waals surface area contributed by atoms with Crippen LogP contribution >= 0.6 is 0 Å². The van der Waals surface area contributed by atoms with Crippen molar-refractivity contribution >= 4 is 27.9 Å². The monoisotopic (exact) mass is 393 g/mol. The van der Waals surface area contributed by atoms with Crippen LogP contribution in [0.15, 0.2) is 42.0 Å². The summed E-state index contributed by atoms with van der Waals surface area (Å²) in [6, 6.07) is 4.74. The van der Waals surface area contributed by atoms with Gasteiger partial charge in [-0.25, -0.2) is 15.0 Å². The van der Waals surface area contributed by atoms with Gasteiger partial charge in [0.2, 0.25) is 0 Å². The minimum Gasteiger partial charge on any atom is -0.374 e. The highest BCUT2D eigenvalue weighted by Crippen LogP contribution is 2.28. The Morgan fingerprint density at radius 2 is 1.83 bits per heavy atom. The van der Waals surface area contributed by atoms with Gasteiger partial charge in [0.1, 0.15) is 5.65 Å². The fourth-order valence-corrected chi connectivity index (χ4v) is 3.75. The predicted molar refractivity (Wildman–Crippen MR) is 115 cm³/mol. The minimum atomic E-state index is -0.119. The van der Waals surface area contributed by atoms with Gasteiger partial charge in [-0.15, -0.1) is 0 Å². The summed E-state index contributed by atoms with van der Waals surface area (Å²) < 4.78 is 5.64. The lowest BCUT2D eigenvalue weighted by Gasteiger charge is -2.23. The first-order valence-corrected chi connectivity index (χ1v) is 9.93. The fraction of sp³-hybridized carbons (Fsp3) is 0.429. The van der Waals surface area contributed by atoms with Crippen molar-refractivity contribution in [1.29, 1.82) is 0 Å². The standard InChI is InChI=1S/C21H27N7O/c1-14(2)27-11-8-16-17(6-9-22-19(16)27)25(4)10-7-15(3)28-13-23-18-20(28)24-12-26(5)21(18)29/h6,8-9,11-15H,7,10H2,1-5H3. The number of fused-ring (bicyclic) bond motifs is 2. The van der Waals surface area contributed by atoms with Crippen LogP contribution in [-0.4, -0.2) is 42.2 Å². The molecule has 0 aliphatic carbocycles. The number of pyridine rings is 1. The topological polar surface area (TPSA) is 73.8 Å². The molecule has 0 N–H and O–H groups in total. The Labute approximate surface area is 169 Å². The van der Waals surface area contributed by atoms with Crippen molar-refractivity contribution < 1.29 is 0 Å². The van der Waals surface area contributed by atoms with Crippen molar-refractivity contribution in [2.24, 2.45) is 7.05 Å². The smallest absolute Gasteiger partial charge is 0.281 e. The number of aryl methyl sites for hydroxylation is 1. The lowest BCUT2D eigenvalue weighted by molar-refractivity contribution is 0.517. The van der Waals surface area contributed by atoms with Crippen LogP contribution in [0, 0.1) is 0 Å². The van der Waals surface area contributed by atoms with Crippen LogP contribution in [0.1, 0.15) is 39.3 Å². The van der Waals surface area contributed by atoms with Crippen molar-refractivity contribution in [3.8, 4) is 0 Å². The molecular formula is C21H27N7O. The highest BCUT2D eigenvalue weighted by Gasteiger charge is 2.16. The van der Waals surface area contributed by atoms with Crippen LogP contribution in [0.3, 0.4) is 0 Å². The molecule has 4 rings (SSSR count). The minimum absolute atomic E-state index is 0.119. The maximum atomic E-state index is 12.2. The number of hydrogen-bond acceptors (Lipinski definition) is 5. The Hall–Kier alpha value is -3.16. The summed E-state index contributed by atoms with van der Waals surface area (Å²) in [5, 5.41) is 1.16. The van der Waals surface area contributed by atoms with Gasteiger partial charge in [-0.05, 0) is 39.3 Å². The molecular weight excluding hydrogens is 366 g/mol. The van der Waals surface area contributed by atoms with E-state index >= 15 is 0 Å². The van der Waals surface area contributed by atoms with Crippen molar-refractivity contribution in [2.75, 3.05) is 18.5 Å². The van der Waals surface area contributed by atoms with E-state index in [4.69, 9.17) is 0 Å². The maximum Gasteiger partial charge on any atom is 0.281 e. The molecule has 0 aromatic carbocycles. The number of hydrogen-bond donors (Lipinski definition) is 0. The Morgan fingerprint density at radius 1 is 1.03 bits per heavy atom. The van der Waals surface area contributed by atoms with Gasteiger partial charge in [-0.3, -0.25) is 4.79 Å². The average Bonchev–Trinajstić information content (AvgIpc) is 3.33. The van der Waals surface area contributed by atoms with Gasteiger partial charge in [0.05, 0.1) is 12.7 Å². The zero-order valence-electron chi connectivity index (χ0n) is 17.6. The van der Waals surface area contributed by atoms with Gasteiger partial charge >= 0.3 is 0 Å². The SMILES string of the molecule is CC(C)n1ccc2c(N(C)CCC(C)n3cnc4c(=O)n(C)cnc43)ccnc21. The van der Waals surface area contributed by atoms with E-state index in [0.717, 1.165) is 24.0 Å². The summed E-state index contributed by atoms with van der Waals surface area (Å²) in [4.78, 5) is 27.8. The predicted octanol–water partition coefficient (Wildman–Crippen LogP) is 3.15. The Balaban J connectivity index is 1.54. The Morgan fingerprint density at radius 3 is 2.59 bits per heavy atom. The molecule has 8 nitrogen and oxygen atoms in total. The first-order valence-electron chi connectivity index (χ1n) is 9.93. The van der Waals surface area contributed by atoms with Crippen LogP contribution in [0.4, 0.5) is 5.69 Å². The highest BCUT2D eigenvalue weighted by atomic mass is 16.1. The molecule has 0 spiro atoms. The third-order valence-electron chi connectivity index (χ3n) is 5.56. The summed E-state index contributed by atoms with van der Waals surface area (Å²) in [6.07, 6.45) is 8.14. The van der Waals surface area contributed by atoms with Gasteiger partial charge in [-0.2, -0.15) is 0 Å². The lowest BCUT2D eigenvalue weighted by atomic mass is 10.2. The number of nitrogens with zero attached hydrogens (tertiary/aromatic N) is 7. The quantitative estimate of drug-likeness (QED) is 0.503. The Kier molecular flexibility index (Phi) is 4.86. The zero-order chi connectivity index (χ0) is 20.7. The van der Waals surface area contributed by atoms with Gasteiger partial charge in [0.25, 0.3) is 5.56 Å². The van der Waals surface area contributed by atoms with E-state index in [9.17, 15) is 4.79 Å². The van der Waals surface area contributed by atoms with Crippen molar-refractivity contribution in [3.63, 3.8) is 0 Å². The van der Waals surface area contributed by atoms with Crippen LogP contribution in [-0.2, 0) is 7.05 Å². The maximum absolute atomic E-state index is 12.2. The van der Waals surface area contributed by atoms with E-state index in [-0.39, 0.29) is 11.6 Å². The molecule has 0 saturated heterocycles. The number of imidazole rings is 1. The molecule has 1 unspecified atom stereocenters. The molecule has 0 saturated carbocycles. The van der Waals surface area contributed by atoms with Crippen LogP contribution < -0.4 is 10.5 Å². The fourth-order valence-electron chi connectivity index (χ4n) is 3.75. The Bertz CT molecular complexity index is 1220. The second-order valence-electron chi connectivity index (χ2n) is 7.93. The van der Waals surface area contributed by atoms with Gasteiger partial charge in [0, 0.05) is 56.2 Å². The molecule has 0 fully saturated rings. The lowest BCUT2D eigenvalue weighted by Crippen LogP contribution is -2.22. The first-order chi connectivity index (χ1) is 13.9. The van der Waals surface area contributed by atoms with E-state index < -0.39 is 0 Å². The van der Waals surface area contributed by atoms with Crippen LogP contribution in [0.25, 0.3) is 22.2 Å². The summed E-state index contributed by atoms with van der Waals surface area (Å²) in [6.45, 7) is 7.31. The largest absolute Gasteiger partial charge is 0.374 e. The van der Waals surface area contributed by atoms with Gasteiger partial charge in [0.15, 0.2) is 11.2 Å². The molecule has 1 atom stereocenters. The number of anilines is 1. The van der Waals surface area contributed by atoms with E-state index in [2.05, 4.69) is 70.6 Å². The second kappa shape index (κ2) is 7.35. The highest BCUT2D eigenvalue weighted by molar-refractivity contribution is 5.90. The molecule has 0 aliphatic heterocycles. The molecule has 4 heterocycles. The van der Waals surface area contributed by atoms with E-state index in [1.807, 2.05) is 10.8 Å². The summed E-state index contributed by atoms with van der Waals surface area (Å²) in [5.41, 5.74) is 3.12. The zero-order valence-corrected chi connectivity index (χ0v) is 17.6. The van der Waals surface area contributed by atoms with Gasteiger partial charge in [-0.1, -0.05) is 0 Å². The van der Waals surface area contributed by atoms with E-state index in [1.165, 1.54) is 10.3 Å². The second-order valence-corrected chi connectivity index (χ2v) is 7.93. The van der Waals surface area contributed by atoms with Crippen LogP contribution in [0.2, 0.25) is 0 Å². The third-order valence-corrected chi connectivity index (χ3v) is 5.56. The average molecular weight is 393 g/mol. The molecule has 4 aromatic rings. The summed E-state index contributed by atoms with van der Waals surface area (Å²) in [5.74, 6) is 0. The van der Waals surface area contributed by atoms with Crippen molar-refractivity contribution in [2.45, 2.75) is 39.3 Å². The number of aromatic nitrogens is 6. The van der Waals surface area contributed by atoms with Crippen LogP contribution in [0.5, 0.6) is 0 Å². The molecule has 152 valence electrons. The molecule has 29 heavy (non-hydrogen) atoms. The van der Waals surface area contributed by atoms with E-state index in [0.29, 0.717) is 17.2 Å². The molecule has 4 aromatic heterocycles. The molecule has 0 aliphatic rings. The van der Waals surface area contributed by atoms with Crippen molar-refractivity contribution in [1.82, 2.24) is 28.7 Å². The van der Waals surface area contributed by atoms with E-state index in [1.54, 1.807) is 19.7 Å².